The predicted molar refractivity (Wildman–Crippen MR) is 137 cm³/mol. The van der Waals surface area contributed by atoms with Gasteiger partial charge in [0.2, 0.25) is 0 Å². The van der Waals surface area contributed by atoms with Crippen LogP contribution < -0.4 is 15.8 Å². The van der Waals surface area contributed by atoms with Crippen LogP contribution in [0.15, 0.2) is 41.2 Å². The number of H-pyrrole nitrogens is 1. The van der Waals surface area contributed by atoms with E-state index in [0.29, 0.717) is 22.6 Å². The van der Waals surface area contributed by atoms with Crippen molar-refractivity contribution in [2.75, 3.05) is 31.6 Å². The van der Waals surface area contributed by atoms with Gasteiger partial charge >= 0.3 is 0 Å². The monoisotopic (exact) mass is 460 g/mol. The molecule has 0 atom stereocenters. The molecule has 3 heterocycles. The van der Waals surface area contributed by atoms with Crippen LogP contribution in [0.25, 0.3) is 0 Å². The Morgan fingerprint density at radius 2 is 1.94 bits per heavy atom. The molecule has 1 aromatic carbocycles. The number of hydrogen-bond donors (Lipinski definition) is 2. The fourth-order valence-electron chi connectivity index (χ4n) is 6.44. The van der Waals surface area contributed by atoms with Crippen molar-refractivity contribution in [1.82, 2.24) is 15.2 Å². The first-order chi connectivity index (χ1) is 16.4. The lowest BCUT2D eigenvalue weighted by Crippen LogP contribution is -2.65. The lowest BCUT2D eigenvalue weighted by Gasteiger charge is -2.60. The van der Waals surface area contributed by atoms with E-state index in [2.05, 4.69) is 52.3 Å². The maximum atomic E-state index is 13.3. The number of anilines is 1. The van der Waals surface area contributed by atoms with Gasteiger partial charge in [0.05, 0.1) is 0 Å². The van der Waals surface area contributed by atoms with E-state index in [1.807, 2.05) is 25.1 Å². The number of benzene rings is 1. The van der Waals surface area contributed by atoms with E-state index in [-0.39, 0.29) is 18.0 Å². The Labute approximate surface area is 202 Å². The molecule has 1 spiro atoms. The Morgan fingerprint density at radius 3 is 2.68 bits per heavy atom. The average molecular weight is 461 g/mol. The third-order valence-electron chi connectivity index (χ3n) is 7.89. The largest absolute Gasteiger partial charge is 0.369 e. The summed E-state index contributed by atoms with van der Waals surface area (Å²) in [4.78, 5) is 33.8. The molecule has 0 radical (unpaired) electrons. The number of likely N-dealkylation sites (tertiary alicyclic amines) is 1. The number of pyridine rings is 1. The fraction of sp³-hybridized carbons (Fsp3) is 0.500. The Balaban J connectivity index is 1.44. The summed E-state index contributed by atoms with van der Waals surface area (Å²) in [5.74, 6) is -0.113. The molecule has 6 heteroatoms. The predicted octanol–water partition coefficient (Wildman–Crippen LogP) is 3.58. The number of amides is 1. The molecule has 1 saturated carbocycles. The molecule has 2 N–H and O–H groups in total. The lowest BCUT2D eigenvalue weighted by atomic mass is 9.60. The SMILES string of the molecule is CCN(c1cccc2c1C/C=C/CCc1cc(C)[nH]c(=O)c1CNC2=O)C1CC2(C1)CN(C)C2. The van der Waals surface area contributed by atoms with E-state index in [1.54, 1.807) is 0 Å². The van der Waals surface area contributed by atoms with Gasteiger partial charge in [0.15, 0.2) is 0 Å². The summed E-state index contributed by atoms with van der Waals surface area (Å²) in [6.45, 7) is 7.71. The zero-order valence-electron chi connectivity index (χ0n) is 20.6. The third kappa shape index (κ3) is 4.20. The number of nitrogens with one attached hydrogen (secondary N) is 2. The number of carbonyl (C=O) groups excluding carboxylic acids is 1. The van der Waals surface area contributed by atoms with E-state index in [9.17, 15) is 9.59 Å². The maximum Gasteiger partial charge on any atom is 0.253 e. The molecule has 3 aliphatic rings. The second kappa shape index (κ2) is 9.06. The van der Waals surface area contributed by atoms with Crippen LogP contribution in [0.2, 0.25) is 0 Å². The maximum absolute atomic E-state index is 13.3. The topological polar surface area (TPSA) is 68.4 Å². The van der Waals surface area contributed by atoms with E-state index >= 15 is 0 Å². The van der Waals surface area contributed by atoms with Crippen molar-refractivity contribution in [1.29, 1.82) is 0 Å². The van der Waals surface area contributed by atoms with Crippen LogP contribution in [0.4, 0.5) is 5.69 Å². The Hall–Kier alpha value is -2.86. The summed E-state index contributed by atoms with van der Waals surface area (Å²) < 4.78 is 0. The number of allylic oxidation sites excluding steroid dienone is 2. The number of aryl methyl sites for hydroxylation is 2. The van der Waals surface area contributed by atoms with Gasteiger partial charge in [-0.1, -0.05) is 18.2 Å². The third-order valence-corrected chi connectivity index (χ3v) is 7.89. The number of carbonyl (C=O) groups is 1. The van der Waals surface area contributed by atoms with Gasteiger partial charge in [0.1, 0.15) is 0 Å². The minimum Gasteiger partial charge on any atom is -0.369 e. The van der Waals surface area contributed by atoms with Gasteiger partial charge in [-0.25, -0.2) is 0 Å². The van der Waals surface area contributed by atoms with Gasteiger partial charge < -0.3 is 20.1 Å². The van der Waals surface area contributed by atoms with Gasteiger partial charge in [-0.3, -0.25) is 9.59 Å². The molecular formula is C28H36N4O2. The van der Waals surface area contributed by atoms with E-state index < -0.39 is 0 Å². The molecule has 5 rings (SSSR count). The first-order valence-electron chi connectivity index (χ1n) is 12.6. The molecular weight excluding hydrogens is 424 g/mol. The summed E-state index contributed by atoms with van der Waals surface area (Å²) in [7, 11) is 2.20. The molecule has 2 aromatic rings. The summed E-state index contributed by atoms with van der Waals surface area (Å²) in [5, 5.41) is 3.04. The molecule has 1 saturated heterocycles. The van der Waals surface area contributed by atoms with Crippen molar-refractivity contribution < 1.29 is 4.79 Å². The zero-order chi connectivity index (χ0) is 23.9. The quantitative estimate of drug-likeness (QED) is 0.687. The van der Waals surface area contributed by atoms with Crippen LogP contribution in [-0.4, -0.2) is 48.5 Å². The minimum absolute atomic E-state index is 0.108. The Morgan fingerprint density at radius 1 is 1.15 bits per heavy atom. The molecule has 180 valence electrons. The highest BCUT2D eigenvalue weighted by Crippen LogP contribution is 2.50. The van der Waals surface area contributed by atoms with Crippen LogP contribution in [0.1, 0.15) is 58.9 Å². The fourth-order valence-corrected chi connectivity index (χ4v) is 6.44. The number of fused-ring (bicyclic) bond motifs is 2. The minimum atomic E-state index is -0.113. The van der Waals surface area contributed by atoms with Crippen molar-refractivity contribution in [2.45, 2.75) is 58.5 Å². The standard InChI is InChI=1S/C28H36N4O2/c1-4-32(21-14-28(15-21)17-31(3)18-28)25-12-8-11-23-22(25)10-7-5-6-9-20-13-19(2)30-27(34)24(20)16-29-26(23)33/h5,7-8,11-13,21H,4,6,9-10,14-18H2,1-3H3,(H,29,33)(H,30,34)/b7-5+. The van der Waals surface area contributed by atoms with Crippen LogP contribution in [-0.2, 0) is 19.4 Å². The summed E-state index contributed by atoms with van der Waals surface area (Å²) in [6, 6.07) is 8.66. The molecule has 2 fully saturated rings. The summed E-state index contributed by atoms with van der Waals surface area (Å²) >= 11 is 0. The number of nitrogens with zero attached hydrogens (tertiary/aromatic N) is 2. The molecule has 0 bridgehead atoms. The average Bonchev–Trinajstić information content (AvgIpc) is 2.75. The number of hydrogen-bond acceptors (Lipinski definition) is 4. The molecule has 34 heavy (non-hydrogen) atoms. The molecule has 2 aliphatic heterocycles. The van der Waals surface area contributed by atoms with E-state index in [4.69, 9.17) is 0 Å². The highest BCUT2D eigenvalue weighted by Gasteiger charge is 2.52. The van der Waals surface area contributed by atoms with Gasteiger partial charge in [0.25, 0.3) is 11.5 Å². The zero-order valence-corrected chi connectivity index (χ0v) is 20.6. The van der Waals surface area contributed by atoms with Gasteiger partial charge in [-0.15, -0.1) is 0 Å². The Kier molecular flexibility index (Phi) is 6.11. The Bertz CT molecular complexity index is 1170. The van der Waals surface area contributed by atoms with Crippen LogP contribution >= 0.6 is 0 Å². The smallest absolute Gasteiger partial charge is 0.253 e. The van der Waals surface area contributed by atoms with Crippen molar-refractivity contribution in [3.63, 3.8) is 0 Å². The first kappa shape index (κ1) is 22.9. The highest BCUT2D eigenvalue weighted by atomic mass is 16.1. The summed E-state index contributed by atoms with van der Waals surface area (Å²) in [5.41, 5.74) is 5.91. The van der Waals surface area contributed by atoms with E-state index in [0.717, 1.165) is 42.6 Å². The van der Waals surface area contributed by atoms with Gasteiger partial charge in [-0.2, -0.15) is 0 Å². The van der Waals surface area contributed by atoms with Crippen molar-refractivity contribution in [3.05, 3.63) is 74.7 Å². The van der Waals surface area contributed by atoms with Crippen molar-refractivity contribution >= 4 is 11.6 Å². The van der Waals surface area contributed by atoms with Crippen molar-refractivity contribution in [3.8, 4) is 0 Å². The second-order valence-electron chi connectivity index (χ2n) is 10.5. The normalized spacial score (nSPS) is 21.2. The van der Waals surface area contributed by atoms with E-state index in [1.165, 1.54) is 31.6 Å². The van der Waals surface area contributed by atoms with Gasteiger partial charge in [-0.05, 0) is 87.7 Å². The molecule has 6 nitrogen and oxygen atoms in total. The van der Waals surface area contributed by atoms with Crippen LogP contribution in [0, 0.1) is 12.3 Å². The molecule has 1 amide bonds. The van der Waals surface area contributed by atoms with Crippen LogP contribution in [0.5, 0.6) is 0 Å². The molecule has 1 aromatic heterocycles. The molecule has 1 aliphatic carbocycles. The second-order valence-corrected chi connectivity index (χ2v) is 10.5. The number of aromatic amines is 1. The molecule has 0 unspecified atom stereocenters. The highest BCUT2D eigenvalue weighted by molar-refractivity contribution is 5.97. The number of rotatable bonds is 3. The summed E-state index contributed by atoms with van der Waals surface area (Å²) in [6.07, 6.45) is 9.24. The van der Waals surface area contributed by atoms with Gasteiger partial charge in [0, 0.05) is 54.7 Å². The first-order valence-corrected chi connectivity index (χ1v) is 12.6. The number of aromatic nitrogens is 1. The van der Waals surface area contributed by atoms with Crippen molar-refractivity contribution in [2.24, 2.45) is 5.41 Å². The lowest BCUT2D eigenvalue weighted by molar-refractivity contribution is -0.0576. The van der Waals surface area contributed by atoms with Crippen LogP contribution in [0.3, 0.4) is 0 Å².